The van der Waals surface area contributed by atoms with Crippen molar-refractivity contribution in [1.82, 2.24) is 0 Å². The number of allylic oxidation sites excluding steroid dienone is 1. The lowest BCUT2D eigenvalue weighted by Crippen LogP contribution is -2.48. The van der Waals surface area contributed by atoms with E-state index in [9.17, 15) is 39.5 Å². The third kappa shape index (κ3) is 3.33. The van der Waals surface area contributed by atoms with Gasteiger partial charge in [0.1, 0.15) is 23.2 Å². The van der Waals surface area contributed by atoms with Crippen LogP contribution in [0.4, 0.5) is 11.4 Å². The molecule has 2 N–H and O–H groups in total. The number of ether oxygens (including phenoxy) is 1. The van der Waals surface area contributed by atoms with Crippen LogP contribution < -0.4 is 4.90 Å². The lowest BCUT2D eigenvalue weighted by molar-refractivity contribution is -0.384. The van der Waals surface area contributed by atoms with Crippen molar-refractivity contribution in [2.45, 2.75) is 13.8 Å². The van der Waals surface area contributed by atoms with Crippen molar-refractivity contribution in [1.29, 1.82) is 0 Å². The Hall–Kier alpha value is -4.02. The summed E-state index contributed by atoms with van der Waals surface area (Å²) >= 11 is 0. The van der Waals surface area contributed by atoms with Gasteiger partial charge >= 0.3 is 11.9 Å². The highest BCUT2D eigenvalue weighted by Crippen LogP contribution is 2.46. The Morgan fingerprint density at radius 1 is 1.16 bits per heavy atom. The fraction of sp³-hybridized carbons (Fsp3) is 0.300. The van der Waals surface area contributed by atoms with E-state index in [1.165, 1.54) is 44.2 Å². The van der Waals surface area contributed by atoms with Crippen LogP contribution in [0.2, 0.25) is 0 Å². The second-order valence-electron chi connectivity index (χ2n) is 7.49. The smallest absolute Gasteiger partial charge is 0.314 e. The first-order valence-corrected chi connectivity index (χ1v) is 9.08. The van der Waals surface area contributed by atoms with Crippen molar-refractivity contribution in [3.63, 3.8) is 0 Å². The van der Waals surface area contributed by atoms with Crippen molar-refractivity contribution in [2.75, 3.05) is 18.1 Å². The van der Waals surface area contributed by atoms with Crippen molar-refractivity contribution in [3.8, 4) is 0 Å². The van der Waals surface area contributed by atoms with Crippen LogP contribution in [-0.2, 0) is 19.1 Å². The molecule has 1 aromatic carbocycles. The minimum atomic E-state index is -1.78. The Morgan fingerprint density at radius 2 is 1.81 bits per heavy atom. The number of hydrogen-bond donors (Lipinski definition) is 2. The molecule has 2 unspecified atom stereocenters. The number of aliphatic carboxylic acids is 2. The maximum atomic E-state index is 12.3. The van der Waals surface area contributed by atoms with Crippen molar-refractivity contribution < 1.29 is 39.1 Å². The molecule has 3 rings (SSSR count). The molecule has 1 aromatic rings. The van der Waals surface area contributed by atoms with Gasteiger partial charge in [-0.25, -0.2) is 0 Å². The largest absolute Gasteiger partial charge is 0.492 e. The summed E-state index contributed by atoms with van der Waals surface area (Å²) in [5, 5.41) is 30.0. The molecule has 0 spiro atoms. The molecule has 1 aliphatic carbocycles. The van der Waals surface area contributed by atoms with Crippen LogP contribution in [0.25, 0.3) is 0 Å². The molecule has 1 heterocycles. The fourth-order valence-corrected chi connectivity index (χ4v) is 3.45. The standard InChI is InChI=1S/C20H18N2O9/c1-19(17(25)26)6-5-12(10-20(19,2)18(27)28)31-8-7-21-14-4-3-11(22(29)30)9-13(14)15(23)16(21)24/h3-6,9-10H,7-8H2,1-2H3,(H,25,26)(H,27,28). The fourth-order valence-electron chi connectivity index (χ4n) is 3.45. The summed E-state index contributed by atoms with van der Waals surface area (Å²) in [5.74, 6) is -4.28. The van der Waals surface area contributed by atoms with Crippen LogP contribution in [0.15, 0.2) is 42.2 Å². The Labute approximate surface area is 175 Å². The van der Waals surface area contributed by atoms with Crippen LogP contribution in [0, 0.1) is 20.9 Å². The molecule has 1 amide bonds. The first-order valence-electron chi connectivity index (χ1n) is 9.08. The number of carboxylic acid groups (broad SMARTS) is 2. The number of carbonyl (C=O) groups excluding carboxylic acids is 2. The van der Waals surface area contributed by atoms with Crippen LogP contribution in [0.5, 0.6) is 0 Å². The molecule has 2 atom stereocenters. The van der Waals surface area contributed by atoms with E-state index in [-0.39, 0.29) is 35.8 Å². The Kier molecular flexibility index (Phi) is 5.14. The molecule has 0 radical (unpaired) electrons. The van der Waals surface area contributed by atoms with Gasteiger partial charge in [0.05, 0.1) is 22.7 Å². The van der Waals surface area contributed by atoms with Gasteiger partial charge in [-0.2, -0.15) is 0 Å². The van der Waals surface area contributed by atoms with E-state index >= 15 is 0 Å². The van der Waals surface area contributed by atoms with E-state index in [1.54, 1.807) is 0 Å². The molecule has 11 nitrogen and oxygen atoms in total. The number of nitro groups is 1. The normalized spacial score (nSPS) is 24.6. The number of rotatable bonds is 7. The van der Waals surface area contributed by atoms with Gasteiger partial charge in [0.15, 0.2) is 0 Å². The number of nitro benzene ring substituents is 1. The number of Topliss-reactive ketones (excluding diaryl/α,β-unsaturated/α-hetero) is 1. The zero-order valence-corrected chi connectivity index (χ0v) is 16.5. The highest BCUT2D eigenvalue weighted by molar-refractivity contribution is 6.52. The summed E-state index contributed by atoms with van der Waals surface area (Å²) in [6.07, 6.45) is 3.77. The molecule has 0 fully saturated rings. The lowest BCUT2D eigenvalue weighted by Gasteiger charge is -2.38. The molecule has 0 aromatic heterocycles. The first kappa shape index (κ1) is 21.7. The zero-order chi connectivity index (χ0) is 23.1. The summed E-state index contributed by atoms with van der Waals surface area (Å²) in [7, 11) is 0. The average molecular weight is 430 g/mol. The van der Waals surface area contributed by atoms with Gasteiger partial charge in [-0.15, -0.1) is 0 Å². The van der Waals surface area contributed by atoms with Gasteiger partial charge < -0.3 is 19.8 Å². The van der Waals surface area contributed by atoms with E-state index in [4.69, 9.17) is 4.74 Å². The number of nitrogens with zero attached hydrogens (tertiary/aromatic N) is 2. The summed E-state index contributed by atoms with van der Waals surface area (Å²) in [4.78, 5) is 59.2. The number of anilines is 1. The number of benzene rings is 1. The number of fused-ring (bicyclic) bond motifs is 1. The van der Waals surface area contributed by atoms with Crippen molar-refractivity contribution >= 4 is 35.0 Å². The Bertz CT molecular complexity index is 1090. The third-order valence-corrected chi connectivity index (χ3v) is 5.73. The van der Waals surface area contributed by atoms with Crippen LogP contribution >= 0.6 is 0 Å². The molecule has 31 heavy (non-hydrogen) atoms. The van der Waals surface area contributed by atoms with E-state index < -0.39 is 39.4 Å². The molecule has 0 saturated heterocycles. The summed E-state index contributed by atoms with van der Waals surface area (Å²) in [5.41, 5.74) is -3.66. The summed E-state index contributed by atoms with van der Waals surface area (Å²) < 4.78 is 5.53. The summed E-state index contributed by atoms with van der Waals surface area (Å²) in [6, 6.07) is 3.51. The minimum absolute atomic E-state index is 0.0772. The average Bonchev–Trinajstić information content (AvgIpc) is 2.94. The monoisotopic (exact) mass is 430 g/mol. The van der Waals surface area contributed by atoms with Crippen LogP contribution in [-0.4, -0.2) is 51.9 Å². The second-order valence-corrected chi connectivity index (χ2v) is 7.49. The zero-order valence-electron chi connectivity index (χ0n) is 16.5. The third-order valence-electron chi connectivity index (χ3n) is 5.73. The van der Waals surface area contributed by atoms with Crippen LogP contribution in [0.3, 0.4) is 0 Å². The van der Waals surface area contributed by atoms with E-state index in [2.05, 4.69) is 0 Å². The number of carbonyl (C=O) groups is 4. The molecule has 1 aliphatic heterocycles. The highest BCUT2D eigenvalue weighted by atomic mass is 16.6. The summed E-state index contributed by atoms with van der Waals surface area (Å²) in [6.45, 7) is 2.34. The predicted molar refractivity (Wildman–Crippen MR) is 104 cm³/mol. The van der Waals surface area contributed by atoms with Crippen LogP contribution in [0.1, 0.15) is 24.2 Å². The van der Waals surface area contributed by atoms with Crippen molar-refractivity contribution in [2.24, 2.45) is 10.8 Å². The molecule has 11 heteroatoms. The van der Waals surface area contributed by atoms with E-state index in [1.807, 2.05) is 0 Å². The number of carboxylic acids is 2. The van der Waals surface area contributed by atoms with Gasteiger partial charge in [0.25, 0.3) is 17.4 Å². The second kappa shape index (κ2) is 7.35. The predicted octanol–water partition coefficient (Wildman–Crippen LogP) is 1.78. The molecule has 0 saturated carbocycles. The van der Waals surface area contributed by atoms with Crippen molar-refractivity contribution in [3.05, 3.63) is 57.9 Å². The topological polar surface area (TPSA) is 164 Å². The minimum Gasteiger partial charge on any atom is -0.492 e. The van der Waals surface area contributed by atoms with Gasteiger partial charge in [-0.05, 0) is 32.1 Å². The molecule has 0 bridgehead atoms. The number of amides is 1. The lowest BCUT2D eigenvalue weighted by atomic mass is 9.63. The number of hydrogen-bond acceptors (Lipinski definition) is 7. The SMILES string of the molecule is CC1(C(=O)O)C=CC(OCCN2C(=O)C(=O)c3cc([N+](=O)[O-])ccc32)=CC1(C)C(=O)O. The maximum absolute atomic E-state index is 12.3. The van der Waals surface area contributed by atoms with Gasteiger partial charge in [-0.1, -0.05) is 6.08 Å². The van der Waals surface area contributed by atoms with Gasteiger partial charge in [0.2, 0.25) is 0 Å². The quantitative estimate of drug-likeness (QED) is 0.372. The molecular weight excluding hydrogens is 412 g/mol. The number of ketones is 1. The molecule has 2 aliphatic rings. The van der Waals surface area contributed by atoms with Gasteiger partial charge in [0, 0.05) is 12.1 Å². The van der Waals surface area contributed by atoms with E-state index in [0.29, 0.717) is 0 Å². The van der Waals surface area contributed by atoms with E-state index in [0.717, 1.165) is 11.0 Å². The Balaban J connectivity index is 1.76. The number of non-ortho nitro benzene ring substituents is 1. The Morgan fingerprint density at radius 3 is 2.39 bits per heavy atom. The molecular formula is C20H18N2O9. The highest BCUT2D eigenvalue weighted by Gasteiger charge is 2.54. The first-order chi connectivity index (χ1) is 14.4. The van der Waals surface area contributed by atoms with Gasteiger partial charge in [-0.3, -0.25) is 29.3 Å². The maximum Gasteiger partial charge on any atom is 0.314 e. The molecule has 162 valence electrons.